The quantitative estimate of drug-likeness (QED) is 0.780. The van der Waals surface area contributed by atoms with Crippen LogP contribution in [0.5, 0.6) is 5.75 Å². The molecule has 5 heteroatoms. The van der Waals surface area contributed by atoms with Gasteiger partial charge in [-0.1, -0.05) is 15.9 Å². The second-order valence-corrected chi connectivity index (χ2v) is 5.72. The first kappa shape index (κ1) is 15.6. The maximum absolute atomic E-state index is 13.4. The Hall–Kier alpha value is -1.75. The fourth-order valence-corrected chi connectivity index (χ4v) is 2.68. The van der Waals surface area contributed by atoms with Gasteiger partial charge in [0.15, 0.2) is 5.78 Å². The number of ketones is 1. The molecule has 0 bridgehead atoms. The van der Waals surface area contributed by atoms with Crippen LogP contribution in [0.3, 0.4) is 0 Å². The van der Waals surface area contributed by atoms with Gasteiger partial charge in [-0.15, -0.1) is 0 Å². The normalized spacial score (nSPS) is 10.5. The number of pyridine rings is 1. The number of aryl methyl sites for hydroxylation is 1. The maximum atomic E-state index is 13.4. The van der Waals surface area contributed by atoms with Crippen molar-refractivity contribution < 1.29 is 13.9 Å². The number of Topliss-reactive ketones (excluding diaryl/α,β-unsaturated/α-hetero) is 1. The zero-order valence-corrected chi connectivity index (χ0v) is 13.6. The van der Waals surface area contributed by atoms with Gasteiger partial charge in [0.2, 0.25) is 0 Å². The Labute approximate surface area is 131 Å². The van der Waals surface area contributed by atoms with Crippen molar-refractivity contribution in [2.45, 2.75) is 20.3 Å². The highest BCUT2D eigenvalue weighted by Crippen LogP contribution is 2.25. The SMILES string of the molecule is COc1c(C)cnc(CC(=O)c2cc(F)cc(Br)c2)c1C. The molecule has 1 heterocycles. The summed E-state index contributed by atoms with van der Waals surface area (Å²) in [6.07, 6.45) is 1.79. The molecule has 0 aliphatic heterocycles. The number of hydrogen-bond donors (Lipinski definition) is 0. The summed E-state index contributed by atoms with van der Waals surface area (Å²) in [4.78, 5) is 16.6. The summed E-state index contributed by atoms with van der Waals surface area (Å²) in [5.74, 6) is 0.101. The molecule has 0 aliphatic rings. The zero-order valence-electron chi connectivity index (χ0n) is 12.0. The molecule has 2 aromatic rings. The van der Waals surface area contributed by atoms with Gasteiger partial charge in [0, 0.05) is 27.4 Å². The third-order valence-corrected chi connectivity index (χ3v) is 3.72. The Balaban J connectivity index is 2.32. The van der Waals surface area contributed by atoms with E-state index in [9.17, 15) is 9.18 Å². The van der Waals surface area contributed by atoms with Crippen LogP contribution in [0.1, 0.15) is 27.2 Å². The van der Waals surface area contributed by atoms with Crippen molar-refractivity contribution >= 4 is 21.7 Å². The van der Waals surface area contributed by atoms with Crippen molar-refractivity contribution in [3.63, 3.8) is 0 Å². The molecule has 1 aromatic carbocycles. The topological polar surface area (TPSA) is 39.2 Å². The van der Waals surface area contributed by atoms with Crippen LogP contribution in [-0.4, -0.2) is 17.9 Å². The van der Waals surface area contributed by atoms with Crippen LogP contribution in [0, 0.1) is 19.7 Å². The molecule has 1 aromatic heterocycles. The molecule has 0 aliphatic carbocycles. The summed E-state index contributed by atoms with van der Waals surface area (Å²) in [6.45, 7) is 3.76. The number of hydrogen-bond acceptors (Lipinski definition) is 3. The Morgan fingerprint density at radius 3 is 2.67 bits per heavy atom. The predicted molar refractivity (Wildman–Crippen MR) is 82.4 cm³/mol. The number of ether oxygens (including phenoxy) is 1. The van der Waals surface area contributed by atoms with Crippen LogP contribution in [0.15, 0.2) is 28.9 Å². The highest BCUT2D eigenvalue weighted by Gasteiger charge is 2.15. The number of methoxy groups -OCH3 is 1. The average molecular weight is 352 g/mol. The molecule has 3 nitrogen and oxygen atoms in total. The van der Waals surface area contributed by atoms with Crippen molar-refractivity contribution in [3.05, 3.63) is 57.1 Å². The molecule has 0 saturated heterocycles. The fraction of sp³-hybridized carbons (Fsp3) is 0.250. The van der Waals surface area contributed by atoms with Gasteiger partial charge < -0.3 is 4.74 Å². The first-order valence-electron chi connectivity index (χ1n) is 6.40. The monoisotopic (exact) mass is 351 g/mol. The minimum Gasteiger partial charge on any atom is -0.496 e. The molecule has 0 fully saturated rings. The van der Waals surface area contributed by atoms with Gasteiger partial charge in [0.05, 0.1) is 19.2 Å². The van der Waals surface area contributed by atoms with Crippen molar-refractivity contribution in [2.75, 3.05) is 7.11 Å². The van der Waals surface area contributed by atoms with Gasteiger partial charge in [-0.05, 0) is 32.0 Å². The lowest BCUT2D eigenvalue weighted by Crippen LogP contribution is -2.08. The summed E-state index contributed by atoms with van der Waals surface area (Å²) in [6, 6.07) is 4.15. The lowest BCUT2D eigenvalue weighted by atomic mass is 10.0. The van der Waals surface area contributed by atoms with E-state index < -0.39 is 5.82 Å². The summed E-state index contributed by atoms with van der Waals surface area (Å²) >= 11 is 3.19. The standard InChI is InChI=1S/C16H15BrFNO2/c1-9-8-19-14(10(2)16(9)21-3)7-15(20)11-4-12(17)6-13(18)5-11/h4-6,8H,7H2,1-3H3. The first-order valence-corrected chi connectivity index (χ1v) is 7.20. The fourth-order valence-electron chi connectivity index (χ4n) is 2.22. The van der Waals surface area contributed by atoms with Crippen molar-refractivity contribution in [1.82, 2.24) is 4.98 Å². The molecular weight excluding hydrogens is 337 g/mol. The smallest absolute Gasteiger partial charge is 0.168 e. The van der Waals surface area contributed by atoms with E-state index in [-0.39, 0.29) is 12.2 Å². The van der Waals surface area contributed by atoms with Gasteiger partial charge in [0.25, 0.3) is 0 Å². The van der Waals surface area contributed by atoms with Gasteiger partial charge in [-0.3, -0.25) is 9.78 Å². The lowest BCUT2D eigenvalue weighted by molar-refractivity contribution is 0.0991. The molecule has 0 N–H and O–H groups in total. The van der Waals surface area contributed by atoms with Crippen LogP contribution in [-0.2, 0) is 6.42 Å². The number of carbonyl (C=O) groups excluding carboxylic acids is 1. The molecular formula is C16H15BrFNO2. The lowest BCUT2D eigenvalue weighted by Gasteiger charge is -2.12. The van der Waals surface area contributed by atoms with Crippen molar-refractivity contribution in [3.8, 4) is 5.75 Å². The number of halogens is 2. The number of rotatable bonds is 4. The minimum atomic E-state index is -0.445. The molecule has 21 heavy (non-hydrogen) atoms. The van der Waals surface area contributed by atoms with E-state index in [1.165, 1.54) is 12.1 Å². The molecule has 0 atom stereocenters. The molecule has 0 unspecified atom stereocenters. The summed E-state index contributed by atoms with van der Waals surface area (Å²) in [5.41, 5.74) is 2.71. The summed E-state index contributed by atoms with van der Waals surface area (Å²) < 4.78 is 19.2. The van der Waals surface area contributed by atoms with E-state index >= 15 is 0 Å². The van der Waals surface area contributed by atoms with Crippen LogP contribution in [0.4, 0.5) is 4.39 Å². The second kappa shape index (κ2) is 6.35. The molecule has 110 valence electrons. The van der Waals surface area contributed by atoms with Crippen LogP contribution in [0.25, 0.3) is 0 Å². The van der Waals surface area contributed by atoms with E-state index in [1.807, 2.05) is 13.8 Å². The predicted octanol–water partition coefficient (Wildman–Crippen LogP) is 4.03. The van der Waals surface area contributed by atoms with E-state index in [1.54, 1.807) is 19.4 Å². The third kappa shape index (κ3) is 3.47. The van der Waals surface area contributed by atoms with E-state index in [2.05, 4.69) is 20.9 Å². The molecule has 2 rings (SSSR count). The first-order chi connectivity index (χ1) is 9.92. The number of carbonyl (C=O) groups is 1. The molecule has 0 amide bonds. The second-order valence-electron chi connectivity index (χ2n) is 4.80. The maximum Gasteiger partial charge on any atom is 0.168 e. The van der Waals surface area contributed by atoms with Gasteiger partial charge in [-0.2, -0.15) is 0 Å². The van der Waals surface area contributed by atoms with Crippen molar-refractivity contribution in [1.29, 1.82) is 0 Å². The highest BCUT2D eigenvalue weighted by atomic mass is 79.9. The van der Waals surface area contributed by atoms with Crippen LogP contribution in [0.2, 0.25) is 0 Å². The Morgan fingerprint density at radius 2 is 2.05 bits per heavy atom. The van der Waals surface area contributed by atoms with Gasteiger partial charge >= 0.3 is 0 Å². The van der Waals surface area contributed by atoms with Crippen molar-refractivity contribution in [2.24, 2.45) is 0 Å². The summed E-state index contributed by atoms with van der Waals surface area (Å²) in [5, 5.41) is 0. The highest BCUT2D eigenvalue weighted by molar-refractivity contribution is 9.10. The van der Waals surface area contributed by atoms with E-state index in [0.29, 0.717) is 15.7 Å². The van der Waals surface area contributed by atoms with Gasteiger partial charge in [-0.25, -0.2) is 4.39 Å². The molecule has 0 saturated carbocycles. The van der Waals surface area contributed by atoms with Crippen LogP contribution < -0.4 is 4.74 Å². The van der Waals surface area contributed by atoms with Crippen LogP contribution >= 0.6 is 15.9 Å². The molecule has 0 radical (unpaired) electrons. The Kier molecular flexibility index (Phi) is 4.73. The Morgan fingerprint density at radius 1 is 1.33 bits per heavy atom. The van der Waals surface area contributed by atoms with Gasteiger partial charge in [0.1, 0.15) is 11.6 Å². The average Bonchev–Trinajstić information content (AvgIpc) is 2.41. The largest absolute Gasteiger partial charge is 0.496 e. The van der Waals surface area contributed by atoms with E-state index in [4.69, 9.17) is 4.74 Å². The third-order valence-electron chi connectivity index (χ3n) is 3.26. The van der Waals surface area contributed by atoms with E-state index in [0.717, 1.165) is 16.9 Å². The summed E-state index contributed by atoms with van der Waals surface area (Å²) in [7, 11) is 1.59. The molecule has 0 spiro atoms. The number of benzene rings is 1. The Bertz CT molecular complexity index is 681. The number of aromatic nitrogens is 1. The number of nitrogens with zero attached hydrogens (tertiary/aromatic N) is 1. The zero-order chi connectivity index (χ0) is 15.6. The minimum absolute atomic E-state index is 0.109.